The zero-order valence-electron chi connectivity index (χ0n) is 12.4. The highest BCUT2D eigenvalue weighted by Gasteiger charge is 2.14. The van der Waals surface area contributed by atoms with Crippen molar-refractivity contribution in [1.29, 1.82) is 0 Å². The first-order valence-electron chi connectivity index (χ1n) is 6.83. The van der Waals surface area contributed by atoms with Crippen LogP contribution >= 0.6 is 0 Å². The molecule has 0 atom stereocenters. The van der Waals surface area contributed by atoms with Gasteiger partial charge in [-0.15, -0.1) is 0 Å². The number of carbonyl (C=O) groups excluding carboxylic acids is 1. The summed E-state index contributed by atoms with van der Waals surface area (Å²) in [6.07, 6.45) is 0.299. The number of ether oxygens (including phenoxy) is 1. The van der Waals surface area contributed by atoms with E-state index in [0.29, 0.717) is 13.0 Å². The molecule has 21 heavy (non-hydrogen) atoms. The molecular formula is C17H20N2O2. The van der Waals surface area contributed by atoms with Crippen molar-refractivity contribution >= 4 is 11.6 Å². The molecule has 4 heteroatoms. The van der Waals surface area contributed by atoms with Crippen LogP contribution in [0.3, 0.4) is 0 Å². The van der Waals surface area contributed by atoms with Gasteiger partial charge < -0.3 is 15.4 Å². The highest BCUT2D eigenvalue weighted by atomic mass is 16.5. The van der Waals surface area contributed by atoms with E-state index in [1.165, 1.54) is 0 Å². The molecule has 0 fully saturated rings. The minimum Gasteiger partial charge on any atom is -0.496 e. The summed E-state index contributed by atoms with van der Waals surface area (Å²) in [5.74, 6) is 0.739. The Balaban J connectivity index is 2.15. The first-order chi connectivity index (χ1) is 10.2. The largest absolute Gasteiger partial charge is 0.496 e. The van der Waals surface area contributed by atoms with E-state index in [1.807, 2.05) is 48.5 Å². The van der Waals surface area contributed by atoms with Crippen LogP contribution in [0.25, 0.3) is 0 Å². The van der Waals surface area contributed by atoms with Gasteiger partial charge >= 0.3 is 0 Å². The number of benzene rings is 2. The van der Waals surface area contributed by atoms with E-state index in [4.69, 9.17) is 10.5 Å². The van der Waals surface area contributed by atoms with Crippen LogP contribution in [-0.4, -0.2) is 20.1 Å². The Morgan fingerprint density at radius 2 is 1.95 bits per heavy atom. The second kappa shape index (κ2) is 6.90. The highest BCUT2D eigenvalue weighted by molar-refractivity contribution is 5.94. The lowest BCUT2D eigenvalue weighted by molar-refractivity contribution is -0.117. The zero-order chi connectivity index (χ0) is 15.2. The summed E-state index contributed by atoms with van der Waals surface area (Å²) in [5.41, 5.74) is 8.37. The summed E-state index contributed by atoms with van der Waals surface area (Å²) < 4.78 is 5.28. The monoisotopic (exact) mass is 284 g/mol. The highest BCUT2D eigenvalue weighted by Crippen LogP contribution is 2.20. The van der Waals surface area contributed by atoms with E-state index >= 15 is 0 Å². The number of anilines is 1. The van der Waals surface area contributed by atoms with Crippen LogP contribution in [0.1, 0.15) is 11.1 Å². The molecule has 2 aromatic rings. The summed E-state index contributed by atoms with van der Waals surface area (Å²) in [7, 11) is 3.38. The molecule has 0 aliphatic heterocycles. The van der Waals surface area contributed by atoms with Gasteiger partial charge in [-0.2, -0.15) is 0 Å². The lowest BCUT2D eigenvalue weighted by Crippen LogP contribution is -2.28. The van der Waals surface area contributed by atoms with Crippen molar-refractivity contribution in [3.05, 3.63) is 59.7 Å². The number of rotatable bonds is 5. The molecule has 0 spiro atoms. The van der Waals surface area contributed by atoms with E-state index in [2.05, 4.69) is 0 Å². The average molecular weight is 284 g/mol. The van der Waals surface area contributed by atoms with Crippen molar-refractivity contribution < 1.29 is 9.53 Å². The van der Waals surface area contributed by atoms with E-state index in [9.17, 15) is 4.79 Å². The Kier molecular flexibility index (Phi) is 4.95. The molecule has 0 radical (unpaired) electrons. The third kappa shape index (κ3) is 3.61. The maximum absolute atomic E-state index is 12.4. The standard InChI is InChI=1S/C17H20N2O2/c1-19(15-8-5-6-13(10-15)12-18)17(20)11-14-7-3-4-9-16(14)21-2/h3-10H,11-12,18H2,1-2H3. The van der Waals surface area contributed by atoms with Crippen LogP contribution < -0.4 is 15.4 Å². The van der Waals surface area contributed by atoms with Crippen LogP contribution in [0, 0.1) is 0 Å². The topological polar surface area (TPSA) is 55.6 Å². The summed E-state index contributed by atoms with van der Waals surface area (Å²) >= 11 is 0. The Labute approximate surface area is 125 Å². The lowest BCUT2D eigenvalue weighted by atomic mass is 10.1. The van der Waals surface area contributed by atoms with Gasteiger partial charge in [0.2, 0.25) is 5.91 Å². The third-order valence-corrected chi connectivity index (χ3v) is 3.44. The predicted octanol–water partition coefficient (Wildman–Crippen LogP) is 2.36. The van der Waals surface area contributed by atoms with E-state index in [1.54, 1.807) is 19.1 Å². The minimum atomic E-state index is 0.00803. The van der Waals surface area contributed by atoms with Crippen LogP contribution in [0.2, 0.25) is 0 Å². The third-order valence-electron chi connectivity index (χ3n) is 3.44. The van der Waals surface area contributed by atoms with Gasteiger partial charge in [0.1, 0.15) is 5.75 Å². The molecule has 0 bridgehead atoms. The molecule has 2 aromatic carbocycles. The molecule has 0 aromatic heterocycles. The van der Waals surface area contributed by atoms with Crippen molar-refractivity contribution in [2.45, 2.75) is 13.0 Å². The number of hydrogen-bond acceptors (Lipinski definition) is 3. The van der Waals surface area contributed by atoms with E-state index in [0.717, 1.165) is 22.6 Å². The summed E-state index contributed by atoms with van der Waals surface area (Å²) in [5, 5.41) is 0. The second-order valence-corrected chi connectivity index (χ2v) is 4.82. The fourth-order valence-electron chi connectivity index (χ4n) is 2.17. The van der Waals surface area contributed by atoms with Gasteiger partial charge in [-0.1, -0.05) is 30.3 Å². The van der Waals surface area contributed by atoms with Crippen molar-refractivity contribution in [1.82, 2.24) is 0 Å². The molecule has 110 valence electrons. The molecule has 2 N–H and O–H groups in total. The average Bonchev–Trinajstić information content (AvgIpc) is 2.54. The normalized spacial score (nSPS) is 10.2. The maximum Gasteiger partial charge on any atom is 0.231 e. The Morgan fingerprint density at radius 3 is 2.67 bits per heavy atom. The Hall–Kier alpha value is -2.33. The number of para-hydroxylation sites is 1. The van der Waals surface area contributed by atoms with Gasteiger partial charge in [-0.25, -0.2) is 0 Å². The Morgan fingerprint density at radius 1 is 1.19 bits per heavy atom. The molecular weight excluding hydrogens is 264 g/mol. The number of carbonyl (C=O) groups is 1. The fourth-order valence-corrected chi connectivity index (χ4v) is 2.17. The quantitative estimate of drug-likeness (QED) is 0.917. The summed E-state index contributed by atoms with van der Waals surface area (Å²) in [6, 6.07) is 15.2. The fraction of sp³-hybridized carbons (Fsp3) is 0.235. The van der Waals surface area contributed by atoms with E-state index in [-0.39, 0.29) is 5.91 Å². The molecule has 0 saturated carbocycles. The molecule has 0 unspecified atom stereocenters. The van der Waals surface area contributed by atoms with E-state index < -0.39 is 0 Å². The minimum absolute atomic E-state index is 0.00803. The molecule has 2 rings (SSSR count). The molecule has 0 aliphatic rings. The van der Waals surface area contributed by atoms with Crippen LogP contribution in [0.5, 0.6) is 5.75 Å². The number of methoxy groups -OCH3 is 1. The smallest absolute Gasteiger partial charge is 0.231 e. The van der Waals surface area contributed by atoms with Gasteiger partial charge in [-0.3, -0.25) is 4.79 Å². The molecule has 4 nitrogen and oxygen atoms in total. The molecule has 0 saturated heterocycles. The number of nitrogens with two attached hydrogens (primary N) is 1. The first kappa shape index (κ1) is 15.1. The lowest BCUT2D eigenvalue weighted by Gasteiger charge is -2.19. The second-order valence-electron chi connectivity index (χ2n) is 4.82. The van der Waals surface area contributed by atoms with Crippen LogP contribution in [0.15, 0.2) is 48.5 Å². The van der Waals surface area contributed by atoms with Gasteiger partial charge in [0.15, 0.2) is 0 Å². The zero-order valence-corrected chi connectivity index (χ0v) is 12.4. The molecule has 0 aliphatic carbocycles. The molecule has 0 heterocycles. The van der Waals surface area contributed by atoms with Crippen molar-refractivity contribution in [3.63, 3.8) is 0 Å². The number of amides is 1. The van der Waals surface area contributed by atoms with Crippen molar-refractivity contribution in [3.8, 4) is 5.75 Å². The number of hydrogen-bond donors (Lipinski definition) is 1. The van der Waals surface area contributed by atoms with Gasteiger partial charge in [0.25, 0.3) is 0 Å². The van der Waals surface area contributed by atoms with Crippen molar-refractivity contribution in [2.75, 3.05) is 19.1 Å². The van der Waals surface area contributed by atoms with Crippen LogP contribution in [-0.2, 0) is 17.8 Å². The number of nitrogens with zero attached hydrogens (tertiary/aromatic N) is 1. The predicted molar refractivity (Wildman–Crippen MR) is 84.4 cm³/mol. The summed E-state index contributed by atoms with van der Waals surface area (Å²) in [6.45, 7) is 0.461. The van der Waals surface area contributed by atoms with Crippen LogP contribution in [0.4, 0.5) is 5.69 Å². The maximum atomic E-state index is 12.4. The molecule has 1 amide bonds. The van der Waals surface area contributed by atoms with Gasteiger partial charge in [-0.05, 0) is 23.8 Å². The first-order valence-corrected chi connectivity index (χ1v) is 6.83. The van der Waals surface area contributed by atoms with Crippen molar-refractivity contribution in [2.24, 2.45) is 5.73 Å². The Bertz CT molecular complexity index is 626. The SMILES string of the molecule is COc1ccccc1CC(=O)N(C)c1cccc(CN)c1. The number of likely N-dealkylation sites (N-methyl/N-ethyl adjacent to an activating group) is 1. The van der Waals surface area contributed by atoms with Gasteiger partial charge in [0.05, 0.1) is 13.5 Å². The van der Waals surface area contributed by atoms with Gasteiger partial charge in [0, 0.05) is 24.8 Å². The summed E-state index contributed by atoms with van der Waals surface area (Å²) in [4.78, 5) is 14.1.